The molecule has 1 aromatic carbocycles. The summed E-state index contributed by atoms with van der Waals surface area (Å²) in [7, 11) is 0. The molecule has 8 nitrogen and oxygen atoms in total. The van der Waals surface area contributed by atoms with E-state index in [-0.39, 0.29) is 0 Å². The summed E-state index contributed by atoms with van der Waals surface area (Å²) in [5, 5.41) is 18.5. The predicted octanol–water partition coefficient (Wildman–Crippen LogP) is 3.22. The van der Waals surface area contributed by atoms with Crippen molar-refractivity contribution in [1.29, 1.82) is 5.26 Å². The van der Waals surface area contributed by atoms with Crippen LogP contribution in [0.1, 0.15) is 11.1 Å². The highest BCUT2D eigenvalue weighted by atomic mass is 32.1. The molecule has 0 aliphatic heterocycles. The number of hydrogen-bond acceptors (Lipinski definition) is 9. The molecule has 3 heterocycles. The van der Waals surface area contributed by atoms with Gasteiger partial charge in [-0.25, -0.2) is 9.97 Å². The van der Waals surface area contributed by atoms with Gasteiger partial charge in [0, 0.05) is 30.4 Å². The lowest BCUT2D eigenvalue weighted by Gasteiger charge is -2.09. The molecule has 0 aliphatic rings. The van der Waals surface area contributed by atoms with E-state index in [4.69, 9.17) is 10.5 Å². The Hall–Kier alpha value is -3.74. The van der Waals surface area contributed by atoms with Gasteiger partial charge >= 0.3 is 0 Å². The maximum absolute atomic E-state index is 9.26. The second-order valence-electron chi connectivity index (χ2n) is 5.99. The average molecular weight is 401 g/mol. The van der Waals surface area contributed by atoms with Crippen LogP contribution < -0.4 is 10.5 Å². The second-order valence-corrected chi connectivity index (χ2v) is 6.93. The fourth-order valence-electron chi connectivity index (χ4n) is 2.60. The molecular weight excluding hydrogens is 386 g/mol. The Balaban J connectivity index is 1.66. The van der Waals surface area contributed by atoms with Crippen molar-refractivity contribution in [2.45, 2.75) is 6.42 Å². The Kier molecular flexibility index (Phi) is 5.47. The number of aromatic nitrogens is 5. The highest BCUT2D eigenvalue weighted by Crippen LogP contribution is 2.35. The van der Waals surface area contributed by atoms with Crippen LogP contribution in [0.4, 0.5) is 0 Å². The Morgan fingerprint density at radius 2 is 1.97 bits per heavy atom. The molecule has 29 heavy (non-hydrogen) atoms. The maximum Gasteiger partial charge on any atom is 0.299 e. The Morgan fingerprint density at radius 3 is 2.69 bits per heavy atom. The summed E-state index contributed by atoms with van der Waals surface area (Å²) in [6, 6.07) is 10.9. The molecule has 0 bridgehead atoms. The number of benzene rings is 1. The minimum Gasteiger partial charge on any atom is -0.429 e. The van der Waals surface area contributed by atoms with Crippen LogP contribution in [-0.2, 0) is 6.42 Å². The normalized spacial score (nSPS) is 10.5. The van der Waals surface area contributed by atoms with E-state index in [1.807, 2.05) is 12.1 Å². The molecule has 0 fully saturated rings. The molecule has 4 aromatic rings. The third-order valence-electron chi connectivity index (χ3n) is 4.00. The van der Waals surface area contributed by atoms with E-state index < -0.39 is 0 Å². The van der Waals surface area contributed by atoms with E-state index in [9.17, 15) is 5.26 Å². The molecule has 0 amide bonds. The maximum atomic E-state index is 9.26. The van der Waals surface area contributed by atoms with Gasteiger partial charge in [0.05, 0.1) is 17.2 Å². The van der Waals surface area contributed by atoms with Crippen molar-refractivity contribution in [3.63, 3.8) is 0 Å². The summed E-state index contributed by atoms with van der Waals surface area (Å²) in [5.74, 6) is 0.923. The minimum absolute atomic E-state index is 0.347. The first-order chi connectivity index (χ1) is 14.3. The summed E-state index contributed by atoms with van der Waals surface area (Å²) < 4.78 is 5.96. The van der Waals surface area contributed by atoms with Gasteiger partial charge in [-0.05, 0) is 48.9 Å². The van der Waals surface area contributed by atoms with Gasteiger partial charge in [-0.1, -0.05) is 16.4 Å². The zero-order chi connectivity index (χ0) is 20.1. The molecule has 0 saturated heterocycles. The highest BCUT2D eigenvalue weighted by molar-refractivity contribution is 7.16. The smallest absolute Gasteiger partial charge is 0.299 e. The van der Waals surface area contributed by atoms with Gasteiger partial charge in [0.1, 0.15) is 5.75 Å². The standard InChI is InChI=1S/C20H15N7OS/c21-6-5-14-10-24-18(25-11-14)16-4-3-13(9-22)8-17(16)28-20-27-26-19(29-20)15-2-1-7-23-12-15/h1-4,7-8,10-12H,5-6,21H2. The number of ether oxygens (including phenoxy) is 1. The lowest BCUT2D eigenvalue weighted by molar-refractivity contribution is 0.474. The van der Waals surface area contributed by atoms with E-state index in [0.717, 1.165) is 11.1 Å². The summed E-state index contributed by atoms with van der Waals surface area (Å²) in [5.41, 5.74) is 8.49. The van der Waals surface area contributed by atoms with Gasteiger partial charge < -0.3 is 10.5 Å². The molecule has 4 rings (SSSR count). The van der Waals surface area contributed by atoms with E-state index >= 15 is 0 Å². The largest absolute Gasteiger partial charge is 0.429 e. The van der Waals surface area contributed by atoms with Crippen LogP contribution in [0.3, 0.4) is 0 Å². The number of hydrogen-bond donors (Lipinski definition) is 1. The SMILES string of the molecule is N#Cc1ccc(-c2ncc(CCN)cn2)c(Oc2nnc(-c3cccnc3)s2)c1. The van der Waals surface area contributed by atoms with Crippen LogP contribution in [-0.4, -0.2) is 31.7 Å². The third kappa shape index (κ3) is 4.24. The van der Waals surface area contributed by atoms with Gasteiger partial charge in [-0.2, -0.15) is 5.26 Å². The van der Waals surface area contributed by atoms with Crippen molar-refractivity contribution in [3.8, 4) is 39.0 Å². The van der Waals surface area contributed by atoms with Crippen molar-refractivity contribution >= 4 is 11.3 Å². The number of nitriles is 1. The number of nitrogens with two attached hydrogens (primary N) is 1. The van der Waals surface area contributed by atoms with Crippen LogP contribution in [0.5, 0.6) is 10.9 Å². The summed E-state index contributed by atoms with van der Waals surface area (Å²) in [6.07, 6.45) is 7.59. The van der Waals surface area contributed by atoms with E-state index in [1.165, 1.54) is 11.3 Å². The highest BCUT2D eigenvalue weighted by Gasteiger charge is 2.15. The molecule has 9 heteroatoms. The molecule has 0 atom stereocenters. The van der Waals surface area contributed by atoms with Crippen molar-refractivity contribution in [3.05, 3.63) is 66.2 Å². The van der Waals surface area contributed by atoms with Crippen molar-refractivity contribution in [1.82, 2.24) is 25.1 Å². The van der Waals surface area contributed by atoms with Gasteiger partial charge in [0.25, 0.3) is 5.19 Å². The molecular formula is C20H15N7OS. The van der Waals surface area contributed by atoms with Crippen LogP contribution in [0.25, 0.3) is 22.0 Å². The van der Waals surface area contributed by atoms with E-state index in [2.05, 4.69) is 31.2 Å². The predicted molar refractivity (Wildman–Crippen MR) is 108 cm³/mol. The van der Waals surface area contributed by atoms with Crippen LogP contribution in [0, 0.1) is 11.3 Å². The minimum atomic E-state index is 0.347. The van der Waals surface area contributed by atoms with Gasteiger partial charge in [0.2, 0.25) is 0 Å². The monoisotopic (exact) mass is 401 g/mol. The van der Waals surface area contributed by atoms with Crippen LogP contribution >= 0.6 is 11.3 Å². The quantitative estimate of drug-likeness (QED) is 0.522. The zero-order valence-corrected chi connectivity index (χ0v) is 16.0. The van der Waals surface area contributed by atoms with Crippen molar-refractivity contribution < 1.29 is 4.74 Å². The lowest BCUT2D eigenvalue weighted by Crippen LogP contribution is -2.04. The molecule has 0 saturated carbocycles. The van der Waals surface area contributed by atoms with Crippen LogP contribution in [0.15, 0.2) is 55.1 Å². The first-order valence-corrected chi connectivity index (χ1v) is 9.56. The molecule has 0 unspecified atom stereocenters. The molecule has 2 N–H and O–H groups in total. The average Bonchev–Trinajstić information content (AvgIpc) is 3.24. The zero-order valence-electron chi connectivity index (χ0n) is 15.2. The van der Waals surface area contributed by atoms with Crippen LogP contribution in [0.2, 0.25) is 0 Å². The second kappa shape index (κ2) is 8.52. The molecule has 0 aliphatic carbocycles. The molecule has 0 radical (unpaired) electrons. The first kappa shape index (κ1) is 18.6. The summed E-state index contributed by atoms with van der Waals surface area (Å²) in [6.45, 7) is 0.532. The molecule has 142 valence electrons. The summed E-state index contributed by atoms with van der Waals surface area (Å²) in [4.78, 5) is 12.9. The third-order valence-corrected chi connectivity index (χ3v) is 4.85. The number of pyridine rings is 1. The Morgan fingerprint density at radius 1 is 1.10 bits per heavy atom. The van der Waals surface area contributed by atoms with Gasteiger partial charge in [-0.15, -0.1) is 5.10 Å². The Labute approximate surface area is 170 Å². The Bertz CT molecular complexity index is 1150. The van der Waals surface area contributed by atoms with Crippen molar-refractivity contribution in [2.24, 2.45) is 5.73 Å². The van der Waals surface area contributed by atoms with E-state index in [0.29, 0.717) is 45.9 Å². The fraction of sp³-hybridized carbons (Fsp3) is 0.100. The topological polar surface area (TPSA) is 123 Å². The summed E-state index contributed by atoms with van der Waals surface area (Å²) >= 11 is 1.29. The molecule has 3 aromatic heterocycles. The fourth-order valence-corrected chi connectivity index (χ4v) is 3.30. The lowest BCUT2D eigenvalue weighted by atomic mass is 10.1. The number of rotatable bonds is 6. The van der Waals surface area contributed by atoms with E-state index in [1.54, 1.807) is 43.0 Å². The van der Waals surface area contributed by atoms with Crippen molar-refractivity contribution in [2.75, 3.05) is 6.54 Å². The number of nitrogens with zero attached hydrogens (tertiary/aromatic N) is 6. The van der Waals surface area contributed by atoms with Gasteiger partial charge in [0.15, 0.2) is 10.8 Å². The first-order valence-electron chi connectivity index (χ1n) is 8.74. The molecule has 0 spiro atoms. The van der Waals surface area contributed by atoms with Gasteiger partial charge in [-0.3, -0.25) is 4.98 Å².